The number of ether oxygens (including phenoxy) is 1. The Balaban J connectivity index is 1.44. The van der Waals surface area contributed by atoms with Crippen molar-refractivity contribution < 1.29 is 22.7 Å². The van der Waals surface area contributed by atoms with Crippen LogP contribution in [0.4, 0.5) is 18.9 Å². The monoisotopic (exact) mass is 417 g/mol. The van der Waals surface area contributed by atoms with Crippen molar-refractivity contribution in [1.82, 2.24) is 20.1 Å². The number of anilines is 1. The van der Waals surface area contributed by atoms with Gasteiger partial charge in [0.1, 0.15) is 0 Å². The number of nitrogens with zero attached hydrogens (tertiary/aromatic N) is 3. The van der Waals surface area contributed by atoms with Crippen LogP contribution in [0.2, 0.25) is 0 Å². The lowest BCUT2D eigenvalue weighted by Gasteiger charge is -2.24. The number of carbonyl (C=O) groups excluding carboxylic acids is 1. The van der Waals surface area contributed by atoms with E-state index < -0.39 is 17.6 Å². The van der Waals surface area contributed by atoms with Crippen molar-refractivity contribution in [2.75, 3.05) is 25.0 Å². The van der Waals surface area contributed by atoms with Gasteiger partial charge in [0.15, 0.2) is 5.82 Å². The van der Waals surface area contributed by atoms with E-state index in [0.717, 1.165) is 41.7 Å². The van der Waals surface area contributed by atoms with Gasteiger partial charge in [-0.15, -0.1) is 0 Å². The van der Waals surface area contributed by atoms with Crippen molar-refractivity contribution in [2.24, 2.45) is 0 Å². The molecule has 4 rings (SSSR count). The summed E-state index contributed by atoms with van der Waals surface area (Å²) in [7, 11) is 0. The molecule has 0 bridgehead atoms. The first-order chi connectivity index (χ1) is 14.4. The van der Waals surface area contributed by atoms with Crippen molar-refractivity contribution >= 4 is 11.6 Å². The molecule has 1 atom stereocenters. The zero-order valence-electron chi connectivity index (χ0n) is 15.7. The molecule has 1 fully saturated rings. The summed E-state index contributed by atoms with van der Waals surface area (Å²) >= 11 is 0. The quantitative estimate of drug-likeness (QED) is 0.682. The van der Waals surface area contributed by atoms with Crippen LogP contribution in [0.5, 0.6) is 0 Å². The molecule has 3 aromatic rings. The molecule has 0 saturated carbocycles. The number of hydrogen-bond donors (Lipinski definition) is 2. The molecule has 156 valence electrons. The van der Waals surface area contributed by atoms with E-state index in [1.165, 1.54) is 12.4 Å². The predicted molar refractivity (Wildman–Crippen MR) is 102 cm³/mol. The Morgan fingerprint density at radius 2 is 2.03 bits per heavy atom. The molecule has 0 radical (unpaired) electrons. The highest BCUT2D eigenvalue weighted by molar-refractivity contribution is 6.03. The predicted octanol–water partition coefficient (Wildman–Crippen LogP) is 3.20. The zero-order chi connectivity index (χ0) is 21.1. The van der Waals surface area contributed by atoms with Gasteiger partial charge < -0.3 is 15.4 Å². The third-order valence-corrected chi connectivity index (χ3v) is 4.62. The van der Waals surface area contributed by atoms with Gasteiger partial charge in [-0.2, -0.15) is 18.3 Å². The summed E-state index contributed by atoms with van der Waals surface area (Å²) < 4.78 is 45.4. The first-order valence-corrected chi connectivity index (χ1v) is 9.22. The van der Waals surface area contributed by atoms with Gasteiger partial charge in [0.05, 0.1) is 30.0 Å². The third kappa shape index (κ3) is 4.50. The first-order valence-electron chi connectivity index (χ1n) is 9.22. The van der Waals surface area contributed by atoms with Gasteiger partial charge in [0, 0.05) is 31.2 Å². The number of amides is 1. The van der Waals surface area contributed by atoms with Crippen molar-refractivity contribution in [1.29, 1.82) is 0 Å². The molecule has 1 saturated heterocycles. The van der Waals surface area contributed by atoms with Crippen molar-refractivity contribution in [3.8, 4) is 5.82 Å². The molecule has 1 aliphatic rings. The van der Waals surface area contributed by atoms with Gasteiger partial charge in [-0.25, -0.2) is 9.67 Å². The van der Waals surface area contributed by atoms with Crippen LogP contribution in [0, 0.1) is 0 Å². The molecule has 2 aromatic heterocycles. The number of morpholine rings is 1. The van der Waals surface area contributed by atoms with Crippen LogP contribution in [0.15, 0.2) is 55.0 Å². The molecule has 0 unspecified atom stereocenters. The van der Waals surface area contributed by atoms with Crippen molar-refractivity contribution in [2.45, 2.75) is 12.3 Å². The Labute approximate surface area is 169 Å². The molecule has 10 heteroatoms. The van der Waals surface area contributed by atoms with Crippen LogP contribution in [-0.4, -0.2) is 40.4 Å². The average Bonchev–Trinajstić information content (AvgIpc) is 3.25. The van der Waals surface area contributed by atoms with E-state index >= 15 is 0 Å². The molecule has 7 nitrogen and oxygen atoms in total. The third-order valence-electron chi connectivity index (χ3n) is 4.62. The first kappa shape index (κ1) is 20.0. The summed E-state index contributed by atoms with van der Waals surface area (Å²) in [5.74, 6) is -0.467. The van der Waals surface area contributed by atoms with Gasteiger partial charge in [0.2, 0.25) is 0 Å². The fourth-order valence-corrected chi connectivity index (χ4v) is 3.05. The number of halogens is 3. The number of nitrogens with one attached hydrogen (secondary N) is 2. The highest BCUT2D eigenvalue weighted by Gasteiger charge is 2.31. The Morgan fingerprint density at radius 1 is 1.23 bits per heavy atom. The summed E-state index contributed by atoms with van der Waals surface area (Å²) in [6, 6.07) is 9.04. The van der Waals surface area contributed by atoms with Crippen LogP contribution < -0.4 is 10.6 Å². The van der Waals surface area contributed by atoms with Crippen LogP contribution in [0.25, 0.3) is 5.82 Å². The number of carbonyl (C=O) groups is 1. The maximum atomic E-state index is 12.9. The van der Waals surface area contributed by atoms with Crippen molar-refractivity contribution in [3.63, 3.8) is 0 Å². The summed E-state index contributed by atoms with van der Waals surface area (Å²) in [5.41, 5.74) is 0.936. The van der Waals surface area contributed by atoms with E-state index in [1.807, 2.05) is 12.1 Å². The molecule has 30 heavy (non-hydrogen) atoms. The summed E-state index contributed by atoms with van der Waals surface area (Å²) in [6.07, 6.45) is -0.870. The molecule has 1 aliphatic heterocycles. The molecular formula is C20H18F3N5O2. The maximum absolute atomic E-state index is 12.9. The number of hydrogen-bond acceptors (Lipinski definition) is 5. The highest BCUT2D eigenvalue weighted by Crippen LogP contribution is 2.29. The lowest BCUT2D eigenvalue weighted by molar-refractivity contribution is -0.137. The molecule has 1 aromatic carbocycles. The summed E-state index contributed by atoms with van der Waals surface area (Å²) in [4.78, 5) is 16.4. The molecule has 3 heterocycles. The van der Waals surface area contributed by atoms with E-state index in [1.54, 1.807) is 12.1 Å². The lowest BCUT2D eigenvalue weighted by atomic mass is 10.1. The van der Waals surface area contributed by atoms with Crippen LogP contribution >= 0.6 is 0 Å². The summed E-state index contributed by atoms with van der Waals surface area (Å²) in [6.45, 7) is 2.21. The van der Waals surface area contributed by atoms with Gasteiger partial charge in [0.25, 0.3) is 5.91 Å². The Hall–Kier alpha value is -3.24. The fraction of sp³-hybridized carbons (Fsp3) is 0.250. The number of aromatic nitrogens is 3. The fourth-order valence-electron chi connectivity index (χ4n) is 3.05. The van der Waals surface area contributed by atoms with Crippen LogP contribution in [-0.2, 0) is 10.9 Å². The second-order valence-electron chi connectivity index (χ2n) is 6.71. The number of benzene rings is 1. The molecule has 1 amide bonds. The Kier molecular flexibility index (Phi) is 5.51. The second-order valence-corrected chi connectivity index (χ2v) is 6.71. The Morgan fingerprint density at radius 3 is 2.73 bits per heavy atom. The lowest BCUT2D eigenvalue weighted by Crippen LogP contribution is -2.33. The Bertz CT molecular complexity index is 1030. The average molecular weight is 417 g/mol. The maximum Gasteiger partial charge on any atom is 0.416 e. The topological polar surface area (TPSA) is 81.1 Å². The van der Waals surface area contributed by atoms with E-state index in [4.69, 9.17) is 4.74 Å². The number of rotatable bonds is 4. The van der Waals surface area contributed by atoms with E-state index in [0.29, 0.717) is 12.3 Å². The van der Waals surface area contributed by atoms with Crippen LogP contribution in [0.3, 0.4) is 0 Å². The molecular weight excluding hydrogens is 399 g/mol. The van der Waals surface area contributed by atoms with Crippen LogP contribution in [0.1, 0.15) is 27.6 Å². The minimum Gasteiger partial charge on any atom is -0.371 e. The minimum absolute atomic E-state index is 0.0262. The van der Waals surface area contributed by atoms with Gasteiger partial charge in [-0.3, -0.25) is 4.79 Å². The van der Waals surface area contributed by atoms with Gasteiger partial charge in [-0.05, 0) is 29.8 Å². The largest absolute Gasteiger partial charge is 0.416 e. The zero-order valence-corrected chi connectivity index (χ0v) is 15.7. The van der Waals surface area contributed by atoms with Crippen molar-refractivity contribution in [3.05, 3.63) is 71.7 Å². The van der Waals surface area contributed by atoms with E-state index in [2.05, 4.69) is 20.7 Å². The molecule has 2 N–H and O–H groups in total. The standard InChI is InChI=1S/C20H18F3N5O2/c21-20(22,23)15-5-6-25-18(9-15)28-12-14(10-26-28)19(29)27-16-3-1-13(2-4-16)17-11-24-7-8-30-17/h1-6,9-10,12,17,24H,7-8,11H2,(H,27,29)/t17-/m1/s1. The SMILES string of the molecule is O=C(Nc1ccc([C@H]2CNCCO2)cc1)c1cnn(-c2cc(C(F)(F)F)ccn2)c1. The van der Waals surface area contributed by atoms with Gasteiger partial charge in [-0.1, -0.05) is 12.1 Å². The summed E-state index contributed by atoms with van der Waals surface area (Å²) in [5, 5.41) is 9.95. The number of alkyl halides is 3. The normalized spacial score (nSPS) is 17.0. The van der Waals surface area contributed by atoms with E-state index in [-0.39, 0.29) is 17.5 Å². The molecule has 0 aliphatic carbocycles. The minimum atomic E-state index is -4.49. The highest BCUT2D eigenvalue weighted by atomic mass is 19.4. The number of pyridine rings is 1. The molecule has 0 spiro atoms. The van der Waals surface area contributed by atoms with E-state index in [9.17, 15) is 18.0 Å². The van der Waals surface area contributed by atoms with Gasteiger partial charge >= 0.3 is 6.18 Å². The second kappa shape index (κ2) is 8.25. The smallest absolute Gasteiger partial charge is 0.371 e.